The van der Waals surface area contributed by atoms with Gasteiger partial charge < -0.3 is 14.8 Å². The third kappa shape index (κ3) is 6.61. The van der Waals surface area contributed by atoms with E-state index in [4.69, 9.17) is 9.47 Å². The van der Waals surface area contributed by atoms with Gasteiger partial charge in [0.25, 0.3) is 0 Å². The standard InChI is InChI=1S/C25H34N4O4S/c1-2-33-20-10-8-19(9-11-20)26-23(30)18-34-24-21-6-3-4-7-22(21)29(25(31)27-24)13-5-12-28-14-16-32-17-15-28/h8-11H,2-7,12-18H2,1H3,(H,26,30). The Morgan fingerprint density at radius 2 is 1.91 bits per heavy atom. The van der Waals surface area contributed by atoms with Gasteiger partial charge in [-0.3, -0.25) is 14.3 Å². The summed E-state index contributed by atoms with van der Waals surface area (Å²) in [6.45, 7) is 7.68. The van der Waals surface area contributed by atoms with Gasteiger partial charge in [0.15, 0.2) is 0 Å². The van der Waals surface area contributed by atoms with Crippen LogP contribution in [-0.4, -0.2) is 65.6 Å². The molecule has 1 aliphatic carbocycles. The van der Waals surface area contributed by atoms with Gasteiger partial charge in [-0.2, -0.15) is 4.98 Å². The largest absolute Gasteiger partial charge is 0.494 e. The average molecular weight is 487 g/mol. The summed E-state index contributed by atoms with van der Waals surface area (Å²) >= 11 is 1.36. The van der Waals surface area contributed by atoms with Crippen molar-refractivity contribution < 1.29 is 14.3 Å². The maximum Gasteiger partial charge on any atom is 0.348 e. The summed E-state index contributed by atoms with van der Waals surface area (Å²) in [5, 5.41) is 3.62. The molecule has 0 radical (unpaired) electrons. The van der Waals surface area contributed by atoms with Crippen LogP contribution in [0.5, 0.6) is 5.75 Å². The Bertz CT molecular complexity index is 1020. The van der Waals surface area contributed by atoms with Crippen molar-refractivity contribution in [2.75, 3.05) is 50.5 Å². The lowest BCUT2D eigenvalue weighted by Crippen LogP contribution is -2.38. The van der Waals surface area contributed by atoms with Crippen molar-refractivity contribution >= 4 is 23.4 Å². The molecule has 34 heavy (non-hydrogen) atoms. The van der Waals surface area contributed by atoms with E-state index >= 15 is 0 Å². The first kappa shape index (κ1) is 24.8. The minimum Gasteiger partial charge on any atom is -0.494 e. The van der Waals surface area contributed by atoms with Crippen LogP contribution in [0, 0.1) is 0 Å². The summed E-state index contributed by atoms with van der Waals surface area (Å²) in [6, 6.07) is 7.32. The van der Waals surface area contributed by atoms with Crippen LogP contribution >= 0.6 is 11.8 Å². The summed E-state index contributed by atoms with van der Waals surface area (Å²) < 4.78 is 12.7. The molecule has 2 heterocycles. The Kier molecular flexibility index (Phi) is 9.01. The number of carbonyl (C=O) groups is 1. The van der Waals surface area contributed by atoms with Crippen LogP contribution in [0.15, 0.2) is 34.1 Å². The van der Waals surface area contributed by atoms with Gasteiger partial charge in [0, 0.05) is 43.1 Å². The number of hydrogen-bond acceptors (Lipinski definition) is 7. The number of amides is 1. The summed E-state index contributed by atoms with van der Waals surface area (Å²) in [4.78, 5) is 32.2. The van der Waals surface area contributed by atoms with Crippen molar-refractivity contribution in [2.45, 2.75) is 50.6 Å². The molecule has 8 nitrogen and oxygen atoms in total. The highest BCUT2D eigenvalue weighted by Crippen LogP contribution is 2.28. The highest BCUT2D eigenvalue weighted by Gasteiger charge is 2.21. The molecule has 0 atom stereocenters. The number of anilines is 1. The van der Waals surface area contributed by atoms with E-state index in [1.807, 2.05) is 35.8 Å². The van der Waals surface area contributed by atoms with Crippen molar-refractivity contribution in [3.63, 3.8) is 0 Å². The van der Waals surface area contributed by atoms with Crippen molar-refractivity contribution in [2.24, 2.45) is 0 Å². The summed E-state index contributed by atoms with van der Waals surface area (Å²) in [5.41, 5.74) is 2.79. The first-order valence-corrected chi connectivity index (χ1v) is 13.2. The lowest BCUT2D eigenvalue weighted by Gasteiger charge is -2.27. The fourth-order valence-corrected chi connectivity index (χ4v) is 5.38. The van der Waals surface area contributed by atoms with Crippen LogP contribution in [0.25, 0.3) is 0 Å². The van der Waals surface area contributed by atoms with E-state index in [0.29, 0.717) is 18.2 Å². The van der Waals surface area contributed by atoms with Crippen LogP contribution in [0.4, 0.5) is 5.69 Å². The third-order valence-corrected chi connectivity index (χ3v) is 7.22. The molecule has 9 heteroatoms. The molecule has 0 saturated carbocycles. The number of aromatic nitrogens is 2. The van der Waals surface area contributed by atoms with Crippen molar-refractivity contribution in [1.29, 1.82) is 0 Å². The Hall–Kier alpha value is -2.36. The van der Waals surface area contributed by atoms with Crippen LogP contribution in [0.2, 0.25) is 0 Å². The number of rotatable bonds is 10. The topological polar surface area (TPSA) is 85.7 Å². The molecule has 1 fully saturated rings. The Balaban J connectivity index is 1.37. The molecule has 2 aliphatic rings. The van der Waals surface area contributed by atoms with Gasteiger partial charge in [0.1, 0.15) is 10.8 Å². The van der Waals surface area contributed by atoms with Gasteiger partial charge in [-0.15, -0.1) is 0 Å². The first-order valence-electron chi connectivity index (χ1n) is 12.2. The second kappa shape index (κ2) is 12.4. The number of nitrogens with one attached hydrogen (secondary N) is 1. The third-order valence-electron chi connectivity index (χ3n) is 6.20. The van der Waals surface area contributed by atoms with Gasteiger partial charge in [0.05, 0.1) is 25.6 Å². The number of carbonyl (C=O) groups excluding carboxylic acids is 1. The molecule has 1 aromatic carbocycles. The number of nitrogens with zero attached hydrogens (tertiary/aromatic N) is 3. The van der Waals surface area contributed by atoms with E-state index in [0.717, 1.165) is 87.6 Å². The molecule has 1 N–H and O–H groups in total. The number of benzene rings is 1. The molecule has 184 valence electrons. The van der Waals surface area contributed by atoms with Crippen LogP contribution in [-0.2, 0) is 28.9 Å². The number of ether oxygens (including phenoxy) is 2. The Morgan fingerprint density at radius 3 is 2.68 bits per heavy atom. The van der Waals surface area contributed by atoms with E-state index in [9.17, 15) is 9.59 Å². The van der Waals surface area contributed by atoms with Crippen molar-refractivity contribution in [1.82, 2.24) is 14.5 Å². The first-order chi connectivity index (χ1) is 16.6. The Labute approximate surface area is 205 Å². The van der Waals surface area contributed by atoms with E-state index in [1.54, 1.807) is 0 Å². The zero-order valence-corrected chi connectivity index (χ0v) is 20.7. The molecule has 4 rings (SSSR count). The molecular weight excluding hydrogens is 452 g/mol. The maximum absolute atomic E-state index is 12.9. The van der Waals surface area contributed by atoms with Crippen molar-refractivity contribution in [3.8, 4) is 5.75 Å². The van der Waals surface area contributed by atoms with Crippen molar-refractivity contribution in [3.05, 3.63) is 46.0 Å². The summed E-state index contributed by atoms with van der Waals surface area (Å²) in [7, 11) is 0. The van der Waals surface area contributed by atoms with E-state index in [2.05, 4.69) is 15.2 Å². The highest BCUT2D eigenvalue weighted by molar-refractivity contribution is 8.00. The quantitative estimate of drug-likeness (QED) is 0.408. The van der Waals surface area contributed by atoms with Crippen LogP contribution in [0.1, 0.15) is 37.4 Å². The highest BCUT2D eigenvalue weighted by atomic mass is 32.2. The van der Waals surface area contributed by atoms with Gasteiger partial charge in [-0.05, 0) is 63.3 Å². The number of hydrogen-bond donors (Lipinski definition) is 1. The smallest absolute Gasteiger partial charge is 0.348 e. The molecule has 0 bridgehead atoms. The second-order valence-electron chi connectivity index (χ2n) is 8.59. The molecule has 1 amide bonds. The molecule has 1 aliphatic heterocycles. The predicted molar refractivity (Wildman–Crippen MR) is 134 cm³/mol. The molecular formula is C25H34N4O4S. The van der Waals surface area contributed by atoms with Gasteiger partial charge >= 0.3 is 5.69 Å². The molecule has 1 aromatic heterocycles. The fraction of sp³-hybridized carbons (Fsp3) is 0.560. The van der Waals surface area contributed by atoms with E-state index < -0.39 is 0 Å². The normalized spacial score (nSPS) is 16.1. The number of thioether (sulfide) groups is 1. The number of morpholine rings is 1. The van der Waals surface area contributed by atoms with Crippen LogP contribution in [0.3, 0.4) is 0 Å². The molecule has 0 spiro atoms. The zero-order chi connectivity index (χ0) is 23.8. The Morgan fingerprint density at radius 1 is 1.15 bits per heavy atom. The lowest BCUT2D eigenvalue weighted by atomic mass is 9.97. The van der Waals surface area contributed by atoms with Gasteiger partial charge in [-0.1, -0.05) is 11.8 Å². The summed E-state index contributed by atoms with van der Waals surface area (Å²) in [6.07, 6.45) is 4.91. The zero-order valence-electron chi connectivity index (χ0n) is 19.9. The summed E-state index contributed by atoms with van der Waals surface area (Å²) in [5.74, 6) is 0.874. The molecule has 1 saturated heterocycles. The van der Waals surface area contributed by atoms with Crippen LogP contribution < -0.4 is 15.7 Å². The lowest BCUT2D eigenvalue weighted by molar-refractivity contribution is -0.113. The molecule has 0 unspecified atom stereocenters. The average Bonchev–Trinajstić information content (AvgIpc) is 2.86. The van der Waals surface area contributed by atoms with E-state index in [-0.39, 0.29) is 17.3 Å². The minimum absolute atomic E-state index is 0.116. The molecule has 2 aromatic rings. The SMILES string of the molecule is CCOc1ccc(NC(=O)CSc2nc(=O)n(CCCN3CCOCC3)c3c2CCCC3)cc1. The second-order valence-corrected chi connectivity index (χ2v) is 9.55. The van der Waals surface area contributed by atoms with Gasteiger partial charge in [-0.25, -0.2) is 4.79 Å². The fourth-order valence-electron chi connectivity index (χ4n) is 4.51. The number of fused-ring (bicyclic) bond motifs is 1. The monoisotopic (exact) mass is 486 g/mol. The van der Waals surface area contributed by atoms with E-state index in [1.165, 1.54) is 11.8 Å². The maximum atomic E-state index is 12.9. The van der Waals surface area contributed by atoms with Gasteiger partial charge in [0.2, 0.25) is 5.91 Å². The predicted octanol–water partition coefficient (Wildman–Crippen LogP) is 2.97. The minimum atomic E-state index is -0.197.